The lowest BCUT2D eigenvalue weighted by Crippen LogP contribution is -2.49. The fourth-order valence-electron chi connectivity index (χ4n) is 2.97. The van der Waals surface area contributed by atoms with Gasteiger partial charge >= 0.3 is 0 Å². The number of thioether (sulfide) groups is 1. The van der Waals surface area contributed by atoms with Crippen LogP contribution in [0.2, 0.25) is 10.0 Å². The Kier molecular flexibility index (Phi) is 10.7. The summed E-state index contributed by atoms with van der Waals surface area (Å²) in [6.07, 6.45) is 1.15. The van der Waals surface area contributed by atoms with Gasteiger partial charge in [-0.05, 0) is 38.0 Å². The Hall–Kier alpha value is -1.69. The molecule has 2 rings (SSSR count). The molecule has 1 N–H and O–H groups in total. The lowest BCUT2D eigenvalue weighted by molar-refractivity contribution is -0.140. The molecule has 0 heterocycles. The molecule has 0 radical (unpaired) electrons. The summed E-state index contributed by atoms with van der Waals surface area (Å²) in [6, 6.07) is 14.8. The lowest BCUT2D eigenvalue weighted by Gasteiger charge is -2.30. The third-order valence-electron chi connectivity index (χ3n) is 5.13. The summed E-state index contributed by atoms with van der Waals surface area (Å²) >= 11 is 14.4. The van der Waals surface area contributed by atoms with E-state index in [0.29, 0.717) is 27.8 Å². The number of nitrogens with one attached hydrogen (secondary N) is 1. The van der Waals surface area contributed by atoms with Gasteiger partial charge in [-0.1, -0.05) is 66.5 Å². The van der Waals surface area contributed by atoms with Crippen molar-refractivity contribution in [2.45, 2.75) is 58.0 Å². The molecular formula is C24H30Cl2N2O2S. The van der Waals surface area contributed by atoms with Crippen molar-refractivity contribution in [3.63, 3.8) is 0 Å². The van der Waals surface area contributed by atoms with Crippen LogP contribution in [0.3, 0.4) is 0 Å². The minimum Gasteiger partial charge on any atom is -0.352 e. The topological polar surface area (TPSA) is 49.4 Å². The van der Waals surface area contributed by atoms with Crippen molar-refractivity contribution in [2.24, 2.45) is 0 Å². The molecule has 2 atom stereocenters. The molecule has 2 amide bonds. The number of rotatable bonds is 11. The molecule has 0 aliphatic heterocycles. The molecule has 31 heavy (non-hydrogen) atoms. The fraction of sp³-hybridized carbons (Fsp3) is 0.417. The fourth-order valence-corrected chi connectivity index (χ4v) is 4.38. The first-order valence-electron chi connectivity index (χ1n) is 10.5. The Morgan fingerprint density at radius 2 is 1.68 bits per heavy atom. The van der Waals surface area contributed by atoms with Gasteiger partial charge in [-0.25, -0.2) is 0 Å². The van der Waals surface area contributed by atoms with Crippen LogP contribution < -0.4 is 5.32 Å². The summed E-state index contributed by atoms with van der Waals surface area (Å²) in [5.41, 5.74) is 1.88. The van der Waals surface area contributed by atoms with E-state index in [2.05, 4.69) is 17.4 Å². The number of carbonyl (C=O) groups excluding carboxylic acids is 2. The minimum atomic E-state index is -0.632. The Morgan fingerprint density at radius 1 is 1.03 bits per heavy atom. The molecule has 0 saturated carbocycles. The van der Waals surface area contributed by atoms with E-state index in [4.69, 9.17) is 23.2 Å². The van der Waals surface area contributed by atoms with E-state index in [-0.39, 0.29) is 24.4 Å². The average Bonchev–Trinajstić information content (AvgIpc) is 2.76. The van der Waals surface area contributed by atoms with Crippen LogP contribution in [-0.2, 0) is 21.9 Å². The Bertz CT molecular complexity index is 844. The Morgan fingerprint density at radius 3 is 2.29 bits per heavy atom. The summed E-state index contributed by atoms with van der Waals surface area (Å²) in [5, 5.41) is 3.93. The van der Waals surface area contributed by atoms with E-state index in [0.717, 1.165) is 12.2 Å². The molecule has 7 heteroatoms. The van der Waals surface area contributed by atoms with Gasteiger partial charge < -0.3 is 10.2 Å². The number of hydrogen-bond donors (Lipinski definition) is 1. The molecular weight excluding hydrogens is 451 g/mol. The zero-order valence-electron chi connectivity index (χ0n) is 18.2. The van der Waals surface area contributed by atoms with Gasteiger partial charge in [0.1, 0.15) is 6.04 Å². The van der Waals surface area contributed by atoms with E-state index < -0.39 is 6.04 Å². The van der Waals surface area contributed by atoms with E-state index in [9.17, 15) is 9.59 Å². The molecule has 0 aliphatic carbocycles. The largest absolute Gasteiger partial charge is 0.352 e. The number of nitrogens with zero attached hydrogens (tertiary/aromatic N) is 1. The van der Waals surface area contributed by atoms with Crippen LogP contribution in [0, 0.1) is 0 Å². The SMILES string of the molecule is CCC(C)NC(=O)C(C)N(Cc1c(Cl)cccc1Cl)C(=O)CCSCc1ccccc1. The third kappa shape index (κ3) is 8.06. The zero-order valence-corrected chi connectivity index (χ0v) is 20.6. The van der Waals surface area contributed by atoms with E-state index >= 15 is 0 Å². The number of carbonyl (C=O) groups is 2. The van der Waals surface area contributed by atoms with Crippen molar-refractivity contribution in [3.05, 3.63) is 69.7 Å². The second-order valence-corrected chi connectivity index (χ2v) is 9.42. The van der Waals surface area contributed by atoms with Gasteiger partial charge in [0.2, 0.25) is 11.8 Å². The highest BCUT2D eigenvalue weighted by Crippen LogP contribution is 2.27. The van der Waals surface area contributed by atoms with Crippen LogP contribution in [0.25, 0.3) is 0 Å². The zero-order chi connectivity index (χ0) is 22.8. The molecule has 2 aromatic carbocycles. The predicted molar refractivity (Wildman–Crippen MR) is 132 cm³/mol. The highest BCUT2D eigenvalue weighted by atomic mass is 35.5. The van der Waals surface area contributed by atoms with Gasteiger partial charge in [0, 0.05) is 46.1 Å². The van der Waals surface area contributed by atoms with E-state index in [1.165, 1.54) is 5.56 Å². The molecule has 168 valence electrons. The molecule has 2 unspecified atom stereocenters. The van der Waals surface area contributed by atoms with Crippen molar-refractivity contribution in [1.82, 2.24) is 10.2 Å². The molecule has 0 saturated heterocycles. The summed E-state index contributed by atoms with van der Waals surface area (Å²) in [4.78, 5) is 27.5. The second-order valence-electron chi connectivity index (χ2n) is 7.50. The van der Waals surface area contributed by atoms with Crippen molar-refractivity contribution >= 4 is 46.8 Å². The smallest absolute Gasteiger partial charge is 0.242 e. The van der Waals surface area contributed by atoms with Gasteiger partial charge in [0.25, 0.3) is 0 Å². The number of amides is 2. The average molecular weight is 481 g/mol. The molecule has 0 spiro atoms. The van der Waals surface area contributed by atoms with Gasteiger partial charge in [0.15, 0.2) is 0 Å². The minimum absolute atomic E-state index is 0.0391. The van der Waals surface area contributed by atoms with Crippen LogP contribution in [0.15, 0.2) is 48.5 Å². The number of hydrogen-bond acceptors (Lipinski definition) is 3. The summed E-state index contributed by atoms with van der Waals surface area (Å²) in [5.74, 6) is 1.24. The Balaban J connectivity index is 2.08. The highest BCUT2D eigenvalue weighted by molar-refractivity contribution is 7.98. The summed E-state index contributed by atoms with van der Waals surface area (Å²) in [6.45, 7) is 5.89. The standard InChI is InChI=1S/C24H30Cl2N2O2S/c1-4-17(2)27-24(30)18(3)28(15-20-21(25)11-8-12-22(20)26)23(29)13-14-31-16-19-9-6-5-7-10-19/h5-12,17-18H,4,13-16H2,1-3H3,(H,27,30). The molecule has 0 aliphatic rings. The Labute approximate surface area is 199 Å². The maximum atomic E-state index is 13.1. The maximum absolute atomic E-state index is 13.1. The lowest BCUT2D eigenvalue weighted by atomic mass is 10.1. The van der Waals surface area contributed by atoms with E-state index in [1.54, 1.807) is 41.8 Å². The highest BCUT2D eigenvalue weighted by Gasteiger charge is 2.27. The molecule has 0 aromatic heterocycles. The molecule has 4 nitrogen and oxygen atoms in total. The van der Waals surface area contributed by atoms with Crippen molar-refractivity contribution in [3.8, 4) is 0 Å². The van der Waals surface area contributed by atoms with E-state index in [1.807, 2.05) is 32.0 Å². The monoisotopic (exact) mass is 480 g/mol. The molecule has 0 bridgehead atoms. The normalized spacial score (nSPS) is 12.8. The quantitative estimate of drug-likeness (QED) is 0.404. The predicted octanol–water partition coefficient (Wildman–Crippen LogP) is 5.95. The van der Waals surface area contributed by atoms with Crippen LogP contribution in [0.1, 0.15) is 44.7 Å². The first kappa shape index (κ1) is 25.6. The summed E-state index contributed by atoms with van der Waals surface area (Å²) in [7, 11) is 0. The van der Waals surface area contributed by atoms with Gasteiger partial charge in [-0.2, -0.15) is 11.8 Å². The van der Waals surface area contributed by atoms with Gasteiger partial charge in [-0.15, -0.1) is 0 Å². The van der Waals surface area contributed by atoms with Crippen molar-refractivity contribution < 1.29 is 9.59 Å². The van der Waals surface area contributed by atoms with Crippen LogP contribution >= 0.6 is 35.0 Å². The van der Waals surface area contributed by atoms with Crippen LogP contribution in [0.5, 0.6) is 0 Å². The third-order valence-corrected chi connectivity index (χ3v) is 6.87. The van der Waals surface area contributed by atoms with Crippen LogP contribution in [0.4, 0.5) is 0 Å². The second kappa shape index (κ2) is 13.0. The molecule has 2 aromatic rings. The van der Waals surface area contributed by atoms with Crippen molar-refractivity contribution in [2.75, 3.05) is 5.75 Å². The first-order valence-corrected chi connectivity index (χ1v) is 12.4. The van der Waals surface area contributed by atoms with Gasteiger partial charge in [-0.3, -0.25) is 9.59 Å². The summed E-state index contributed by atoms with van der Waals surface area (Å²) < 4.78 is 0. The number of halogens is 2. The van der Waals surface area contributed by atoms with Crippen LogP contribution in [-0.4, -0.2) is 34.6 Å². The first-order chi connectivity index (χ1) is 14.8. The molecule has 0 fully saturated rings. The maximum Gasteiger partial charge on any atom is 0.242 e. The van der Waals surface area contributed by atoms with Gasteiger partial charge in [0.05, 0.1) is 0 Å². The van der Waals surface area contributed by atoms with Crippen molar-refractivity contribution in [1.29, 1.82) is 0 Å². The number of benzene rings is 2.